The zero-order valence-corrected chi connectivity index (χ0v) is 12.4. The topological polar surface area (TPSA) is 84.2 Å². The van der Waals surface area contributed by atoms with Gasteiger partial charge >= 0.3 is 0 Å². The van der Waals surface area contributed by atoms with Gasteiger partial charge in [-0.25, -0.2) is 0 Å². The van der Waals surface area contributed by atoms with Crippen molar-refractivity contribution < 1.29 is 9.59 Å². The van der Waals surface area contributed by atoms with Crippen molar-refractivity contribution in [2.24, 2.45) is 0 Å². The average molecular weight is 303 g/mol. The van der Waals surface area contributed by atoms with Gasteiger partial charge in [-0.05, 0) is 42.6 Å². The first kappa shape index (κ1) is 15.1. The second-order valence-electron chi connectivity index (χ2n) is 4.61. The van der Waals surface area contributed by atoms with Crippen LogP contribution in [0.5, 0.6) is 0 Å². The summed E-state index contributed by atoms with van der Waals surface area (Å²) in [5.74, 6) is -0.520. The monoisotopic (exact) mass is 303 g/mol. The summed E-state index contributed by atoms with van der Waals surface area (Å²) in [5.41, 5.74) is 6.62. The third-order valence-corrected chi connectivity index (χ3v) is 3.98. The molecule has 0 unspecified atom stereocenters. The van der Waals surface area contributed by atoms with Crippen LogP contribution in [0.2, 0.25) is 0 Å². The van der Waals surface area contributed by atoms with E-state index in [-0.39, 0.29) is 24.4 Å². The maximum atomic E-state index is 11.8. The van der Waals surface area contributed by atoms with Gasteiger partial charge in [0.15, 0.2) is 0 Å². The van der Waals surface area contributed by atoms with Crippen LogP contribution in [0.15, 0.2) is 41.8 Å². The Morgan fingerprint density at radius 2 is 1.95 bits per heavy atom. The zero-order valence-electron chi connectivity index (χ0n) is 11.6. The standard InChI is InChI=1S/C15H17N3O2S/c1-10(13-3-2-8-21-13)18-14(19)9-17-15(20)11-4-6-12(16)7-5-11/h2-8,10H,9,16H2,1H3,(H,17,20)(H,18,19)/t10-/m0/s1. The molecule has 2 aromatic rings. The first-order valence-corrected chi connectivity index (χ1v) is 7.40. The van der Waals surface area contributed by atoms with Gasteiger partial charge in [-0.1, -0.05) is 6.07 Å². The van der Waals surface area contributed by atoms with Crippen molar-refractivity contribution in [1.82, 2.24) is 10.6 Å². The summed E-state index contributed by atoms with van der Waals surface area (Å²) in [5, 5.41) is 7.37. The van der Waals surface area contributed by atoms with E-state index < -0.39 is 0 Å². The van der Waals surface area contributed by atoms with E-state index in [9.17, 15) is 9.59 Å². The quantitative estimate of drug-likeness (QED) is 0.738. The number of thiophene rings is 1. The molecule has 0 aliphatic heterocycles. The van der Waals surface area contributed by atoms with Crippen LogP contribution in [0.4, 0.5) is 5.69 Å². The number of hydrogen-bond donors (Lipinski definition) is 3. The van der Waals surface area contributed by atoms with Gasteiger partial charge in [-0.15, -0.1) is 11.3 Å². The lowest BCUT2D eigenvalue weighted by atomic mass is 10.2. The minimum Gasteiger partial charge on any atom is -0.399 e. The molecule has 0 saturated carbocycles. The number of nitrogens with one attached hydrogen (secondary N) is 2. The van der Waals surface area contributed by atoms with Crippen LogP contribution in [-0.4, -0.2) is 18.4 Å². The molecule has 1 heterocycles. The van der Waals surface area contributed by atoms with Crippen LogP contribution >= 0.6 is 11.3 Å². The van der Waals surface area contributed by atoms with Crippen molar-refractivity contribution in [1.29, 1.82) is 0 Å². The smallest absolute Gasteiger partial charge is 0.251 e. The van der Waals surface area contributed by atoms with Crippen LogP contribution in [0, 0.1) is 0 Å². The van der Waals surface area contributed by atoms with E-state index in [0.717, 1.165) is 4.88 Å². The third-order valence-electron chi connectivity index (χ3n) is 2.93. The van der Waals surface area contributed by atoms with Crippen molar-refractivity contribution in [3.05, 3.63) is 52.2 Å². The van der Waals surface area contributed by atoms with E-state index >= 15 is 0 Å². The fourth-order valence-corrected chi connectivity index (χ4v) is 2.53. The van der Waals surface area contributed by atoms with Gasteiger partial charge in [0.05, 0.1) is 12.6 Å². The second-order valence-corrected chi connectivity index (χ2v) is 5.59. The first-order chi connectivity index (χ1) is 10.1. The summed E-state index contributed by atoms with van der Waals surface area (Å²) in [7, 11) is 0. The number of rotatable bonds is 5. The second kappa shape index (κ2) is 6.90. The minimum atomic E-state index is -0.297. The largest absolute Gasteiger partial charge is 0.399 e. The number of amides is 2. The Morgan fingerprint density at radius 1 is 1.24 bits per heavy atom. The molecule has 1 aromatic carbocycles. The van der Waals surface area contributed by atoms with Gasteiger partial charge in [0, 0.05) is 16.1 Å². The average Bonchev–Trinajstić information content (AvgIpc) is 3.00. The Morgan fingerprint density at radius 3 is 2.57 bits per heavy atom. The molecular formula is C15H17N3O2S. The Hall–Kier alpha value is -2.34. The Bertz CT molecular complexity index is 608. The van der Waals surface area contributed by atoms with Crippen LogP contribution < -0.4 is 16.4 Å². The molecule has 1 aromatic heterocycles. The molecule has 0 bridgehead atoms. The molecule has 6 heteroatoms. The van der Waals surface area contributed by atoms with Gasteiger partial charge in [0.2, 0.25) is 5.91 Å². The van der Waals surface area contributed by atoms with Crippen LogP contribution in [0.3, 0.4) is 0 Å². The Labute approximate surface area is 127 Å². The maximum Gasteiger partial charge on any atom is 0.251 e. The SMILES string of the molecule is C[C@H](NC(=O)CNC(=O)c1ccc(N)cc1)c1cccs1. The van der Waals surface area contributed by atoms with E-state index in [0.29, 0.717) is 11.3 Å². The number of hydrogen-bond acceptors (Lipinski definition) is 4. The molecule has 0 spiro atoms. The van der Waals surface area contributed by atoms with Crippen molar-refractivity contribution in [2.75, 3.05) is 12.3 Å². The van der Waals surface area contributed by atoms with Gasteiger partial charge in [0.25, 0.3) is 5.91 Å². The van der Waals surface area contributed by atoms with Crippen molar-refractivity contribution in [2.45, 2.75) is 13.0 Å². The van der Waals surface area contributed by atoms with Crippen LogP contribution in [0.25, 0.3) is 0 Å². The number of carbonyl (C=O) groups is 2. The molecule has 4 N–H and O–H groups in total. The van der Waals surface area contributed by atoms with Gasteiger partial charge in [-0.3, -0.25) is 9.59 Å². The molecule has 1 atom stereocenters. The lowest BCUT2D eigenvalue weighted by molar-refractivity contribution is -0.120. The number of anilines is 1. The number of nitrogens with two attached hydrogens (primary N) is 1. The van der Waals surface area contributed by atoms with Crippen molar-refractivity contribution in [3.8, 4) is 0 Å². The minimum absolute atomic E-state index is 0.0566. The lowest BCUT2D eigenvalue weighted by Gasteiger charge is -2.12. The number of carbonyl (C=O) groups excluding carboxylic acids is 2. The van der Waals surface area contributed by atoms with E-state index in [1.54, 1.807) is 35.6 Å². The van der Waals surface area contributed by atoms with E-state index in [1.165, 1.54) is 0 Å². The molecule has 5 nitrogen and oxygen atoms in total. The van der Waals surface area contributed by atoms with Crippen LogP contribution in [0.1, 0.15) is 28.2 Å². The maximum absolute atomic E-state index is 11.8. The molecule has 21 heavy (non-hydrogen) atoms. The normalized spacial score (nSPS) is 11.7. The summed E-state index contributed by atoms with van der Waals surface area (Å²) in [6.45, 7) is 1.85. The van der Waals surface area contributed by atoms with Crippen molar-refractivity contribution in [3.63, 3.8) is 0 Å². The van der Waals surface area contributed by atoms with Gasteiger partial charge in [0.1, 0.15) is 0 Å². The van der Waals surface area contributed by atoms with E-state index in [2.05, 4.69) is 10.6 Å². The first-order valence-electron chi connectivity index (χ1n) is 6.53. The Kier molecular flexibility index (Phi) is 4.94. The summed E-state index contributed by atoms with van der Waals surface area (Å²) in [6.07, 6.45) is 0. The number of benzene rings is 1. The summed E-state index contributed by atoms with van der Waals surface area (Å²) < 4.78 is 0. The predicted molar refractivity (Wildman–Crippen MR) is 84.1 cm³/mol. The van der Waals surface area contributed by atoms with Crippen LogP contribution in [-0.2, 0) is 4.79 Å². The molecule has 0 saturated heterocycles. The Balaban J connectivity index is 1.81. The summed E-state index contributed by atoms with van der Waals surface area (Å²) in [4.78, 5) is 24.7. The van der Waals surface area contributed by atoms with Gasteiger partial charge in [-0.2, -0.15) is 0 Å². The van der Waals surface area contributed by atoms with E-state index in [1.807, 2.05) is 24.4 Å². The fraction of sp³-hybridized carbons (Fsp3) is 0.200. The van der Waals surface area contributed by atoms with Crippen molar-refractivity contribution >= 4 is 28.8 Å². The predicted octanol–water partition coefficient (Wildman–Crippen LogP) is 1.94. The molecule has 0 aliphatic rings. The highest BCUT2D eigenvalue weighted by Gasteiger charge is 2.12. The van der Waals surface area contributed by atoms with Gasteiger partial charge < -0.3 is 16.4 Å². The third kappa shape index (κ3) is 4.32. The number of nitrogen functional groups attached to an aromatic ring is 1. The fourth-order valence-electron chi connectivity index (χ4n) is 1.80. The molecule has 110 valence electrons. The molecule has 0 radical (unpaired) electrons. The molecule has 0 aliphatic carbocycles. The summed E-state index contributed by atoms with van der Waals surface area (Å²) in [6, 6.07) is 10.4. The summed E-state index contributed by atoms with van der Waals surface area (Å²) >= 11 is 1.58. The highest BCUT2D eigenvalue weighted by Crippen LogP contribution is 2.17. The highest BCUT2D eigenvalue weighted by molar-refractivity contribution is 7.10. The lowest BCUT2D eigenvalue weighted by Crippen LogP contribution is -2.37. The molecule has 0 fully saturated rings. The zero-order chi connectivity index (χ0) is 15.2. The molecule has 2 amide bonds. The molecule has 2 rings (SSSR count). The molecular weight excluding hydrogens is 286 g/mol. The van der Waals surface area contributed by atoms with E-state index in [4.69, 9.17) is 5.73 Å². The highest BCUT2D eigenvalue weighted by atomic mass is 32.1.